The van der Waals surface area contributed by atoms with Crippen LogP contribution in [0.1, 0.15) is 5.56 Å². The molecule has 0 spiro atoms. The van der Waals surface area contributed by atoms with Crippen molar-refractivity contribution in [1.29, 1.82) is 0 Å². The minimum absolute atomic E-state index is 0.234. The second-order valence-corrected chi connectivity index (χ2v) is 7.31. The fraction of sp³-hybridized carbons (Fsp3) is 0. The second-order valence-electron chi connectivity index (χ2n) is 5.59. The summed E-state index contributed by atoms with van der Waals surface area (Å²) in [6, 6.07) is 12.0. The molecule has 8 heteroatoms. The fourth-order valence-electron chi connectivity index (χ4n) is 2.71. The fourth-order valence-corrected chi connectivity index (χ4v) is 3.81. The van der Waals surface area contributed by atoms with Crippen LogP contribution in [0.3, 0.4) is 0 Å². The molecule has 4 aromatic rings. The Morgan fingerprint density at radius 3 is 2.63 bits per heavy atom. The molecule has 27 heavy (non-hydrogen) atoms. The predicted molar refractivity (Wildman–Crippen MR) is 111 cm³/mol. The highest BCUT2D eigenvalue weighted by molar-refractivity contribution is 7.12. The van der Waals surface area contributed by atoms with Gasteiger partial charge in [-0.2, -0.15) is 0 Å². The van der Waals surface area contributed by atoms with E-state index >= 15 is 0 Å². The molecule has 0 aliphatic rings. The van der Waals surface area contributed by atoms with E-state index in [0.29, 0.717) is 37.2 Å². The van der Waals surface area contributed by atoms with Crippen molar-refractivity contribution in [1.82, 2.24) is 9.55 Å². The molecule has 2 heterocycles. The Morgan fingerprint density at radius 2 is 1.93 bits per heavy atom. The van der Waals surface area contributed by atoms with Crippen LogP contribution >= 0.6 is 34.5 Å². The molecule has 1 N–H and O–H groups in total. The van der Waals surface area contributed by atoms with Crippen LogP contribution in [0.4, 0.5) is 5.69 Å². The number of hydrogen-bond acceptors (Lipinski definition) is 5. The van der Waals surface area contributed by atoms with Crippen molar-refractivity contribution in [2.75, 3.05) is 0 Å². The van der Waals surface area contributed by atoms with Gasteiger partial charge in [0, 0.05) is 33.6 Å². The summed E-state index contributed by atoms with van der Waals surface area (Å²) in [5.41, 5.74) is 0.544. The van der Waals surface area contributed by atoms with E-state index in [9.17, 15) is 9.90 Å². The van der Waals surface area contributed by atoms with Crippen LogP contribution in [-0.4, -0.2) is 20.9 Å². The predicted octanol–water partition coefficient (Wildman–Crippen LogP) is 5.21. The summed E-state index contributed by atoms with van der Waals surface area (Å²) < 4.78 is 1.18. The first-order chi connectivity index (χ1) is 13.1. The molecular weight excluding hydrogens is 405 g/mol. The van der Waals surface area contributed by atoms with Crippen molar-refractivity contribution in [2.24, 2.45) is 4.99 Å². The molecule has 0 saturated carbocycles. The van der Waals surface area contributed by atoms with Gasteiger partial charge in [0.05, 0.1) is 16.3 Å². The minimum Gasteiger partial charge on any atom is -0.494 e. The van der Waals surface area contributed by atoms with Crippen LogP contribution in [0, 0.1) is 0 Å². The second kappa shape index (κ2) is 7.15. The Kier molecular flexibility index (Phi) is 4.70. The highest BCUT2D eigenvalue weighted by Crippen LogP contribution is 2.30. The first-order valence-electron chi connectivity index (χ1n) is 7.82. The van der Waals surface area contributed by atoms with Crippen LogP contribution in [0.5, 0.6) is 5.88 Å². The lowest BCUT2D eigenvalue weighted by Crippen LogP contribution is -2.19. The first-order valence-corrected chi connectivity index (χ1v) is 9.45. The number of benzene rings is 2. The van der Waals surface area contributed by atoms with E-state index in [0.717, 1.165) is 0 Å². The number of aromatic nitrogens is 2. The molecule has 0 saturated heterocycles. The van der Waals surface area contributed by atoms with Crippen LogP contribution in [-0.2, 0) is 0 Å². The zero-order valence-electron chi connectivity index (χ0n) is 13.6. The van der Waals surface area contributed by atoms with Gasteiger partial charge in [-0.3, -0.25) is 9.79 Å². The van der Waals surface area contributed by atoms with Crippen molar-refractivity contribution < 1.29 is 5.11 Å². The molecule has 2 aromatic carbocycles. The number of hydrogen-bond donors (Lipinski definition) is 1. The van der Waals surface area contributed by atoms with Gasteiger partial charge in [-0.15, -0.1) is 11.3 Å². The van der Waals surface area contributed by atoms with Gasteiger partial charge in [-0.05, 0) is 24.3 Å². The summed E-state index contributed by atoms with van der Waals surface area (Å²) in [6.07, 6.45) is 3.05. The number of rotatable bonds is 3. The number of aliphatic imine (C=N–C) groups is 1. The van der Waals surface area contributed by atoms with E-state index in [1.54, 1.807) is 54.0 Å². The van der Waals surface area contributed by atoms with E-state index in [2.05, 4.69) is 9.98 Å². The Hall–Kier alpha value is -2.67. The smallest absolute Gasteiger partial charge is 0.267 e. The lowest BCUT2D eigenvalue weighted by atomic mass is 10.1. The molecule has 4 rings (SSSR count). The van der Waals surface area contributed by atoms with Gasteiger partial charge in [0.25, 0.3) is 5.56 Å². The molecule has 0 aliphatic heterocycles. The van der Waals surface area contributed by atoms with Gasteiger partial charge in [0.2, 0.25) is 5.88 Å². The maximum atomic E-state index is 12.9. The average Bonchev–Trinajstić information content (AvgIpc) is 3.17. The monoisotopic (exact) mass is 415 g/mol. The zero-order chi connectivity index (χ0) is 19.0. The van der Waals surface area contributed by atoms with Crippen LogP contribution in [0.15, 0.2) is 63.8 Å². The van der Waals surface area contributed by atoms with Crippen LogP contribution in [0.2, 0.25) is 10.0 Å². The molecule has 2 aromatic heterocycles. The van der Waals surface area contributed by atoms with E-state index < -0.39 is 0 Å². The first kappa shape index (κ1) is 17.7. The minimum atomic E-state index is -0.347. The number of thiazole rings is 1. The van der Waals surface area contributed by atoms with Crippen molar-refractivity contribution in [2.45, 2.75) is 0 Å². The van der Waals surface area contributed by atoms with Gasteiger partial charge in [-0.1, -0.05) is 41.4 Å². The number of pyridine rings is 1. The van der Waals surface area contributed by atoms with Gasteiger partial charge in [-0.25, -0.2) is 9.55 Å². The number of aromatic hydroxyl groups is 1. The number of nitrogens with zero attached hydrogens (tertiary/aromatic N) is 3. The number of fused-ring (bicyclic) bond motifs is 1. The normalized spacial score (nSPS) is 11.5. The third-order valence-corrected chi connectivity index (χ3v) is 5.25. The molecule has 0 radical (unpaired) electrons. The van der Waals surface area contributed by atoms with Crippen molar-refractivity contribution in [3.8, 4) is 11.0 Å². The largest absolute Gasteiger partial charge is 0.494 e. The number of halogens is 2. The SMILES string of the molecule is O=c1c2ccccc2c(C=Nc2ccc(Cl)cc2Cl)c(O)n1-c1nccs1. The van der Waals surface area contributed by atoms with E-state index in [4.69, 9.17) is 23.2 Å². The summed E-state index contributed by atoms with van der Waals surface area (Å²) in [4.78, 5) is 21.4. The highest BCUT2D eigenvalue weighted by atomic mass is 35.5. The summed E-state index contributed by atoms with van der Waals surface area (Å²) in [5, 5.41) is 14.9. The van der Waals surface area contributed by atoms with Crippen LogP contribution < -0.4 is 5.56 Å². The molecule has 0 amide bonds. The van der Waals surface area contributed by atoms with Gasteiger partial charge in [0.1, 0.15) is 0 Å². The third-order valence-electron chi connectivity index (χ3n) is 3.96. The third kappa shape index (κ3) is 3.23. The Bertz CT molecular complexity index is 1230. The van der Waals surface area contributed by atoms with Gasteiger partial charge < -0.3 is 5.11 Å². The molecule has 0 atom stereocenters. The van der Waals surface area contributed by atoms with E-state index in [1.807, 2.05) is 0 Å². The van der Waals surface area contributed by atoms with Gasteiger partial charge in [0.15, 0.2) is 5.13 Å². The van der Waals surface area contributed by atoms with Crippen LogP contribution in [0.25, 0.3) is 15.9 Å². The Balaban J connectivity index is 1.97. The molecule has 0 aliphatic carbocycles. The van der Waals surface area contributed by atoms with E-state index in [-0.39, 0.29) is 11.4 Å². The highest BCUT2D eigenvalue weighted by Gasteiger charge is 2.17. The topological polar surface area (TPSA) is 67.5 Å². The lowest BCUT2D eigenvalue weighted by molar-refractivity contribution is 0.436. The molecule has 134 valence electrons. The van der Waals surface area contributed by atoms with Crippen molar-refractivity contribution in [3.63, 3.8) is 0 Å². The summed E-state index contributed by atoms with van der Waals surface area (Å²) in [7, 11) is 0. The molecule has 0 fully saturated rings. The molecule has 0 unspecified atom stereocenters. The maximum absolute atomic E-state index is 12.9. The summed E-state index contributed by atoms with van der Waals surface area (Å²) in [6.45, 7) is 0. The van der Waals surface area contributed by atoms with E-state index in [1.165, 1.54) is 22.1 Å². The average molecular weight is 416 g/mol. The van der Waals surface area contributed by atoms with Gasteiger partial charge >= 0.3 is 0 Å². The standard InChI is InChI=1S/C19H11Cl2N3O2S/c20-11-5-6-16(15(21)9-11)23-10-14-12-3-1-2-4-13(12)17(25)24(18(14)26)19-22-7-8-27-19/h1-10,26H. The molecule has 0 bridgehead atoms. The molecular formula is C19H11Cl2N3O2S. The summed E-state index contributed by atoms with van der Waals surface area (Å²) in [5.74, 6) is -0.234. The Labute approximate surface area is 167 Å². The maximum Gasteiger partial charge on any atom is 0.267 e. The summed E-state index contributed by atoms with van der Waals surface area (Å²) >= 11 is 13.3. The van der Waals surface area contributed by atoms with Crippen molar-refractivity contribution in [3.05, 3.63) is 80.0 Å². The lowest BCUT2D eigenvalue weighted by Gasteiger charge is -2.11. The molecule has 5 nitrogen and oxygen atoms in total. The zero-order valence-corrected chi connectivity index (χ0v) is 16.0. The Morgan fingerprint density at radius 1 is 1.15 bits per heavy atom. The quantitative estimate of drug-likeness (QED) is 0.466. The van der Waals surface area contributed by atoms with Crippen molar-refractivity contribution >= 4 is 57.2 Å².